The van der Waals surface area contributed by atoms with Crippen molar-refractivity contribution in [2.45, 2.75) is 44.9 Å². The molecule has 0 radical (unpaired) electrons. The molecular formula is C18H25FN2O4. The van der Waals surface area contributed by atoms with Crippen molar-refractivity contribution in [3.63, 3.8) is 0 Å². The first kappa shape index (κ1) is 19.2. The van der Waals surface area contributed by atoms with Gasteiger partial charge in [0.05, 0.1) is 25.1 Å². The number of methoxy groups -OCH3 is 1. The van der Waals surface area contributed by atoms with Crippen LogP contribution in [-0.2, 0) is 20.7 Å². The molecule has 1 saturated heterocycles. The van der Waals surface area contributed by atoms with Crippen LogP contribution in [0.25, 0.3) is 0 Å². The van der Waals surface area contributed by atoms with Gasteiger partial charge in [0.25, 0.3) is 0 Å². The number of carbonyl (C=O) groups excluding carboxylic acids is 2. The molecule has 1 fully saturated rings. The highest BCUT2D eigenvalue weighted by Gasteiger charge is 2.38. The molecule has 1 aliphatic rings. The average molecular weight is 352 g/mol. The molecule has 2 rings (SSSR count). The van der Waals surface area contributed by atoms with Crippen LogP contribution >= 0.6 is 0 Å². The Balaban J connectivity index is 1.95. The maximum absolute atomic E-state index is 13.7. The molecule has 0 unspecified atom stereocenters. The highest BCUT2D eigenvalue weighted by Crippen LogP contribution is 2.18. The summed E-state index contributed by atoms with van der Waals surface area (Å²) in [5.41, 5.74) is -0.262. The minimum absolute atomic E-state index is 0.0634. The predicted octanol–water partition coefficient (Wildman–Crippen LogP) is 2.12. The number of nitrogens with zero attached hydrogens (tertiary/aromatic N) is 1. The van der Waals surface area contributed by atoms with Gasteiger partial charge in [0, 0.05) is 13.7 Å². The number of benzene rings is 1. The lowest BCUT2D eigenvalue weighted by atomic mass is 10.1. The molecule has 1 N–H and O–H groups in total. The van der Waals surface area contributed by atoms with Crippen LogP contribution in [0, 0.1) is 5.82 Å². The smallest absolute Gasteiger partial charge is 0.410 e. The van der Waals surface area contributed by atoms with E-state index < -0.39 is 17.5 Å². The minimum Gasteiger partial charge on any atom is -0.444 e. The summed E-state index contributed by atoms with van der Waals surface area (Å²) in [4.78, 5) is 25.9. The lowest BCUT2D eigenvalue weighted by Crippen LogP contribution is -2.44. The van der Waals surface area contributed by atoms with Gasteiger partial charge in [-0.1, -0.05) is 18.2 Å². The topological polar surface area (TPSA) is 67.9 Å². The summed E-state index contributed by atoms with van der Waals surface area (Å²) in [5.74, 6) is -0.731. The quantitative estimate of drug-likeness (QED) is 0.901. The third-order valence-corrected chi connectivity index (χ3v) is 3.88. The number of amides is 2. The molecule has 0 aliphatic carbocycles. The average Bonchev–Trinajstić information content (AvgIpc) is 2.91. The first-order valence-corrected chi connectivity index (χ1v) is 8.23. The number of carbonyl (C=O) groups is 2. The minimum atomic E-state index is -0.591. The Kier molecular flexibility index (Phi) is 6.00. The normalized spacial score (nSPS) is 20.4. The third kappa shape index (κ3) is 5.42. The van der Waals surface area contributed by atoms with Crippen LogP contribution in [0.2, 0.25) is 0 Å². The van der Waals surface area contributed by atoms with Crippen molar-refractivity contribution in [2.75, 3.05) is 20.2 Å². The van der Waals surface area contributed by atoms with Crippen LogP contribution in [0.3, 0.4) is 0 Å². The van der Waals surface area contributed by atoms with Gasteiger partial charge in [0.2, 0.25) is 5.91 Å². The summed E-state index contributed by atoms with van der Waals surface area (Å²) < 4.78 is 24.4. The lowest BCUT2D eigenvalue weighted by molar-refractivity contribution is -0.121. The van der Waals surface area contributed by atoms with E-state index in [4.69, 9.17) is 9.47 Å². The molecule has 1 aliphatic heterocycles. The fourth-order valence-corrected chi connectivity index (χ4v) is 2.70. The molecule has 6 nitrogen and oxygen atoms in total. The van der Waals surface area contributed by atoms with Crippen molar-refractivity contribution in [2.24, 2.45) is 0 Å². The van der Waals surface area contributed by atoms with Crippen molar-refractivity contribution in [3.05, 3.63) is 35.6 Å². The highest BCUT2D eigenvalue weighted by molar-refractivity contribution is 5.79. The van der Waals surface area contributed by atoms with Crippen LogP contribution < -0.4 is 5.32 Å². The van der Waals surface area contributed by atoms with E-state index in [0.717, 1.165) is 0 Å². The van der Waals surface area contributed by atoms with E-state index in [2.05, 4.69) is 5.32 Å². The molecule has 138 valence electrons. The number of rotatable bonds is 4. The highest BCUT2D eigenvalue weighted by atomic mass is 19.1. The van der Waals surface area contributed by atoms with Gasteiger partial charge < -0.3 is 19.7 Å². The van der Waals surface area contributed by atoms with Crippen molar-refractivity contribution in [1.82, 2.24) is 10.2 Å². The van der Waals surface area contributed by atoms with Crippen LogP contribution in [0.4, 0.5) is 9.18 Å². The number of halogens is 1. The number of ether oxygens (including phenoxy) is 2. The molecule has 0 spiro atoms. The second kappa shape index (κ2) is 7.82. The molecule has 2 atom stereocenters. The molecule has 1 aromatic carbocycles. The van der Waals surface area contributed by atoms with Crippen molar-refractivity contribution < 1.29 is 23.5 Å². The summed E-state index contributed by atoms with van der Waals surface area (Å²) in [6.07, 6.45) is -0.844. The van der Waals surface area contributed by atoms with Gasteiger partial charge in [-0.05, 0) is 32.4 Å². The largest absolute Gasteiger partial charge is 0.444 e. The summed E-state index contributed by atoms with van der Waals surface area (Å²) >= 11 is 0. The van der Waals surface area contributed by atoms with Crippen LogP contribution in [-0.4, -0.2) is 54.8 Å². The molecule has 1 heterocycles. The van der Waals surface area contributed by atoms with Gasteiger partial charge in [0.15, 0.2) is 0 Å². The molecular weight excluding hydrogens is 327 g/mol. The molecule has 0 aromatic heterocycles. The van der Waals surface area contributed by atoms with Crippen molar-refractivity contribution in [1.29, 1.82) is 0 Å². The van der Waals surface area contributed by atoms with Crippen LogP contribution in [0.1, 0.15) is 26.3 Å². The fraction of sp³-hybridized carbons (Fsp3) is 0.556. The second-order valence-electron chi connectivity index (χ2n) is 7.10. The van der Waals surface area contributed by atoms with Gasteiger partial charge >= 0.3 is 6.09 Å². The fourth-order valence-electron chi connectivity index (χ4n) is 2.70. The molecule has 1 aromatic rings. The first-order chi connectivity index (χ1) is 11.7. The summed E-state index contributed by atoms with van der Waals surface area (Å²) in [6.45, 7) is 6.00. The van der Waals surface area contributed by atoms with Gasteiger partial charge in [-0.2, -0.15) is 0 Å². The number of hydrogen-bond donors (Lipinski definition) is 1. The number of likely N-dealkylation sites (tertiary alicyclic amines) is 1. The van der Waals surface area contributed by atoms with Gasteiger partial charge in [-0.25, -0.2) is 9.18 Å². The predicted molar refractivity (Wildman–Crippen MR) is 90.6 cm³/mol. The van der Waals surface area contributed by atoms with Gasteiger partial charge in [-0.3, -0.25) is 4.79 Å². The number of nitrogens with one attached hydrogen (secondary N) is 1. The maximum Gasteiger partial charge on any atom is 0.410 e. The molecule has 0 saturated carbocycles. The summed E-state index contributed by atoms with van der Waals surface area (Å²) in [5, 5.41) is 2.82. The zero-order valence-corrected chi connectivity index (χ0v) is 15.0. The molecule has 0 bridgehead atoms. The second-order valence-corrected chi connectivity index (χ2v) is 7.10. The Labute approximate surface area is 147 Å². The lowest BCUT2D eigenvalue weighted by Gasteiger charge is -2.24. The Bertz CT molecular complexity index is 630. The maximum atomic E-state index is 13.7. The Morgan fingerprint density at radius 1 is 1.28 bits per heavy atom. The van der Waals surface area contributed by atoms with Gasteiger partial charge in [-0.15, -0.1) is 0 Å². The SMILES string of the molecule is CO[C@H]1CN(C(=O)OC(C)(C)C)C[C@H]1NC(=O)Cc1ccccc1F. The van der Waals surface area contributed by atoms with E-state index in [-0.39, 0.29) is 31.0 Å². The number of hydrogen-bond acceptors (Lipinski definition) is 4. The zero-order chi connectivity index (χ0) is 18.6. The Morgan fingerprint density at radius 3 is 2.56 bits per heavy atom. The van der Waals surface area contributed by atoms with E-state index in [9.17, 15) is 14.0 Å². The van der Waals surface area contributed by atoms with E-state index in [1.165, 1.54) is 18.1 Å². The molecule has 25 heavy (non-hydrogen) atoms. The standard InChI is InChI=1S/C18H25FN2O4/c1-18(2,3)25-17(23)21-10-14(15(11-21)24-4)20-16(22)9-12-7-5-6-8-13(12)19/h5-8,14-15H,9-11H2,1-4H3,(H,20,22)/t14-,15+/m1/s1. The van der Waals surface area contributed by atoms with E-state index in [0.29, 0.717) is 12.1 Å². The monoisotopic (exact) mass is 352 g/mol. The zero-order valence-electron chi connectivity index (χ0n) is 15.0. The Morgan fingerprint density at radius 2 is 1.96 bits per heavy atom. The van der Waals surface area contributed by atoms with Crippen molar-refractivity contribution >= 4 is 12.0 Å². The van der Waals surface area contributed by atoms with E-state index >= 15 is 0 Å². The van der Waals surface area contributed by atoms with E-state index in [1.807, 2.05) is 0 Å². The molecule has 2 amide bonds. The van der Waals surface area contributed by atoms with E-state index in [1.54, 1.807) is 39.0 Å². The molecule has 7 heteroatoms. The third-order valence-electron chi connectivity index (χ3n) is 3.88. The first-order valence-electron chi connectivity index (χ1n) is 8.23. The summed E-state index contributed by atoms with van der Waals surface area (Å²) in [7, 11) is 1.53. The van der Waals surface area contributed by atoms with Gasteiger partial charge in [0.1, 0.15) is 11.4 Å². The van der Waals surface area contributed by atoms with Crippen molar-refractivity contribution in [3.8, 4) is 0 Å². The Hall–Kier alpha value is -2.15. The van der Waals surface area contributed by atoms with Crippen LogP contribution in [0.15, 0.2) is 24.3 Å². The summed E-state index contributed by atoms with van der Waals surface area (Å²) in [6, 6.07) is 5.79. The van der Waals surface area contributed by atoms with Crippen LogP contribution in [0.5, 0.6) is 0 Å².